The number of carboxylic acids is 1. The number of rotatable bonds is 4. The van der Waals surface area contributed by atoms with E-state index in [9.17, 15) is 14.7 Å². The second-order valence-corrected chi connectivity index (χ2v) is 9.28. The molecule has 2 aliphatic rings. The monoisotopic (exact) mass is 463 g/mol. The van der Waals surface area contributed by atoms with Gasteiger partial charge in [0.2, 0.25) is 0 Å². The highest BCUT2D eigenvalue weighted by Crippen LogP contribution is 2.44. The van der Waals surface area contributed by atoms with E-state index >= 15 is 0 Å². The van der Waals surface area contributed by atoms with Gasteiger partial charge in [0.1, 0.15) is 12.6 Å². The molecule has 1 aliphatic heterocycles. The van der Waals surface area contributed by atoms with Crippen LogP contribution in [0.2, 0.25) is 0 Å². The number of fused-ring (bicyclic) bond motifs is 4. The summed E-state index contributed by atoms with van der Waals surface area (Å²) >= 11 is 0. The molecule has 35 heavy (non-hydrogen) atoms. The number of ether oxygens (including phenoxy) is 1. The molecule has 4 aromatic carbocycles. The number of carboxylic acid groups (broad SMARTS) is 1. The molecule has 4 aromatic rings. The first-order valence-electron chi connectivity index (χ1n) is 11.9. The summed E-state index contributed by atoms with van der Waals surface area (Å²) in [7, 11) is 0. The lowest BCUT2D eigenvalue weighted by atomic mass is 9.90. The van der Waals surface area contributed by atoms with E-state index in [1.807, 2.05) is 66.7 Å². The maximum Gasteiger partial charge on any atom is 0.410 e. The minimum atomic E-state index is -1.01. The molecule has 174 valence electrons. The van der Waals surface area contributed by atoms with E-state index < -0.39 is 18.1 Å². The van der Waals surface area contributed by atoms with Crippen molar-refractivity contribution in [3.05, 3.63) is 108 Å². The van der Waals surface area contributed by atoms with Crippen molar-refractivity contribution < 1.29 is 19.4 Å². The molecule has 0 radical (unpaired) electrons. The van der Waals surface area contributed by atoms with Gasteiger partial charge in [-0.1, -0.05) is 91.0 Å². The Balaban J connectivity index is 1.22. The number of carbonyl (C=O) groups excluding carboxylic acids is 1. The molecule has 1 heterocycles. The van der Waals surface area contributed by atoms with Gasteiger partial charge in [0.05, 0.1) is 0 Å². The van der Waals surface area contributed by atoms with Crippen molar-refractivity contribution in [2.75, 3.05) is 13.2 Å². The van der Waals surface area contributed by atoms with Crippen molar-refractivity contribution in [3.63, 3.8) is 0 Å². The molecule has 0 spiro atoms. The molecule has 1 fully saturated rings. The lowest BCUT2D eigenvalue weighted by Crippen LogP contribution is -2.43. The SMILES string of the molecule is O=C(O)[C@@H]1[C@@H](c2ccc3ccccc3c2)CCN1C(=O)OCC1c2ccccc2-c2ccccc21. The van der Waals surface area contributed by atoms with Crippen molar-refractivity contribution in [1.29, 1.82) is 0 Å². The number of benzene rings is 4. The number of hydrogen-bond acceptors (Lipinski definition) is 3. The fourth-order valence-electron chi connectivity index (χ4n) is 5.77. The maximum absolute atomic E-state index is 13.2. The molecular formula is C30H25NO4. The molecule has 0 aromatic heterocycles. The summed E-state index contributed by atoms with van der Waals surface area (Å²) in [5.41, 5.74) is 5.51. The van der Waals surface area contributed by atoms with E-state index in [1.165, 1.54) is 4.90 Å². The first kappa shape index (κ1) is 21.4. The lowest BCUT2D eigenvalue weighted by molar-refractivity contribution is -0.142. The number of likely N-dealkylation sites (tertiary alicyclic amines) is 1. The Bertz CT molecular complexity index is 1400. The van der Waals surface area contributed by atoms with E-state index in [4.69, 9.17) is 4.74 Å². The molecule has 0 bridgehead atoms. The minimum absolute atomic E-state index is 0.0616. The fourth-order valence-corrected chi connectivity index (χ4v) is 5.77. The van der Waals surface area contributed by atoms with E-state index in [0.717, 1.165) is 38.6 Å². The highest BCUT2D eigenvalue weighted by molar-refractivity contribution is 5.85. The predicted molar refractivity (Wildman–Crippen MR) is 135 cm³/mol. The molecule has 1 amide bonds. The third-order valence-corrected chi connectivity index (χ3v) is 7.42. The van der Waals surface area contributed by atoms with Crippen LogP contribution in [0.3, 0.4) is 0 Å². The van der Waals surface area contributed by atoms with Crippen LogP contribution in [-0.2, 0) is 9.53 Å². The maximum atomic E-state index is 13.2. The van der Waals surface area contributed by atoms with E-state index in [-0.39, 0.29) is 18.4 Å². The van der Waals surface area contributed by atoms with Gasteiger partial charge in [-0.2, -0.15) is 0 Å². The molecule has 5 nitrogen and oxygen atoms in total. The molecule has 6 rings (SSSR count). The smallest absolute Gasteiger partial charge is 0.410 e. The number of aliphatic carboxylic acids is 1. The van der Waals surface area contributed by atoms with Gasteiger partial charge in [0.15, 0.2) is 0 Å². The highest BCUT2D eigenvalue weighted by atomic mass is 16.6. The minimum Gasteiger partial charge on any atom is -0.480 e. The van der Waals surface area contributed by atoms with Gasteiger partial charge in [-0.25, -0.2) is 9.59 Å². The Morgan fingerprint density at radius 3 is 2.14 bits per heavy atom. The Morgan fingerprint density at radius 2 is 1.46 bits per heavy atom. The number of carbonyl (C=O) groups is 2. The van der Waals surface area contributed by atoms with Crippen LogP contribution < -0.4 is 0 Å². The van der Waals surface area contributed by atoms with Crippen molar-refractivity contribution in [2.45, 2.75) is 24.3 Å². The predicted octanol–water partition coefficient (Wildman–Crippen LogP) is 6.03. The molecule has 5 heteroatoms. The lowest BCUT2D eigenvalue weighted by Gasteiger charge is -2.25. The highest BCUT2D eigenvalue weighted by Gasteiger charge is 2.44. The largest absolute Gasteiger partial charge is 0.480 e. The summed E-state index contributed by atoms with van der Waals surface area (Å²) < 4.78 is 5.78. The van der Waals surface area contributed by atoms with Gasteiger partial charge in [-0.05, 0) is 45.0 Å². The summed E-state index contributed by atoms with van der Waals surface area (Å²) in [5, 5.41) is 12.2. The average molecular weight is 464 g/mol. The first-order valence-corrected chi connectivity index (χ1v) is 11.9. The summed E-state index contributed by atoms with van der Waals surface area (Å²) in [4.78, 5) is 26.9. The second-order valence-electron chi connectivity index (χ2n) is 9.28. The zero-order valence-corrected chi connectivity index (χ0v) is 19.1. The van der Waals surface area contributed by atoms with E-state index in [1.54, 1.807) is 0 Å². The third kappa shape index (κ3) is 3.64. The Hall–Kier alpha value is -4.12. The van der Waals surface area contributed by atoms with Gasteiger partial charge >= 0.3 is 12.1 Å². The van der Waals surface area contributed by atoms with Gasteiger partial charge in [0.25, 0.3) is 0 Å². The van der Waals surface area contributed by atoms with E-state index in [0.29, 0.717) is 13.0 Å². The number of nitrogens with zero attached hydrogens (tertiary/aromatic N) is 1. The van der Waals surface area contributed by atoms with Crippen LogP contribution in [0.25, 0.3) is 21.9 Å². The summed E-state index contributed by atoms with van der Waals surface area (Å²) in [6, 6.07) is 29.4. The first-order chi connectivity index (χ1) is 17.1. The van der Waals surface area contributed by atoms with Crippen LogP contribution in [0.4, 0.5) is 4.79 Å². The summed E-state index contributed by atoms with van der Waals surface area (Å²) in [6.07, 6.45) is 0.0158. The van der Waals surface area contributed by atoms with Crippen LogP contribution in [0, 0.1) is 0 Å². The number of hydrogen-bond donors (Lipinski definition) is 1. The van der Waals surface area contributed by atoms with Gasteiger partial charge in [-0.15, -0.1) is 0 Å². The molecule has 1 aliphatic carbocycles. The van der Waals surface area contributed by atoms with Gasteiger partial charge in [-0.3, -0.25) is 4.90 Å². The molecule has 1 N–H and O–H groups in total. The van der Waals surface area contributed by atoms with Crippen LogP contribution in [0.1, 0.15) is 34.9 Å². The molecular weight excluding hydrogens is 438 g/mol. The zero-order chi connectivity index (χ0) is 23.9. The van der Waals surface area contributed by atoms with Crippen LogP contribution in [0.15, 0.2) is 91.0 Å². The Morgan fingerprint density at radius 1 is 0.829 bits per heavy atom. The Kier molecular flexibility index (Phi) is 5.25. The van der Waals surface area contributed by atoms with Gasteiger partial charge < -0.3 is 9.84 Å². The molecule has 2 atom stereocenters. The quantitative estimate of drug-likeness (QED) is 0.401. The topological polar surface area (TPSA) is 66.8 Å². The van der Waals surface area contributed by atoms with Gasteiger partial charge in [0, 0.05) is 18.4 Å². The summed E-state index contributed by atoms with van der Waals surface area (Å²) in [6.45, 7) is 0.529. The van der Waals surface area contributed by atoms with Crippen LogP contribution in [-0.4, -0.2) is 41.3 Å². The Labute approximate surface area is 203 Å². The van der Waals surface area contributed by atoms with Crippen molar-refractivity contribution in [2.24, 2.45) is 0 Å². The van der Waals surface area contributed by atoms with Crippen molar-refractivity contribution in [1.82, 2.24) is 4.90 Å². The average Bonchev–Trinajstić information content (AvgIpc) is 3.47. The summed E-state index contributed by atoms with van der Waals surface area (Å²) in [5.74, 6) is -1.35. The molecule has 0 unspecified atom stereocenters. The van der Waals surface area contributed by atoms with Crippen LogP contribution >= 0.6 is 0 Å². The fraction of sp³-hybridized carbons (Fsp3) is 0.200. The van der Waals surface area contributed by atoms with Crippen LogP contribution in [0.5, 0.6) is 0 Å². The second kappa shape index (κ2) is 8.58. The van der Waals surface area contributed by atoms with Crippen molar-refractivity contribution in [3.8, 4) is 11.1 Å². The number of amides is 1. The van der Waals surface area contributed by atoms with Crippen molar-refractivity contribution >= 4 is 22.8 Å². The zero-order valence-electron chi connectivity index (χ0n) is 19.1. The molecule has 1 saturated heterocycles. The van der Waals surface area contributed by atoms with E-state index in [2.05, 4.69) is 24.3 Å². The normalized spacial score (nSPS) is 18.9. The standard InChI is InChI=1S/C30H25NO4/c32-29(33)28-22(21-14-13-19-7-1-2-8-20(19)17-21)15-16-31(28)30(34)35-18-27-25-11-5-3-9-23(25)24-10-4-6-12-26(24)27/h1-14,17,22,27-28H,15-16,18H2,(H,32,33)/t22-,28+/m1/s1. The third-order valence-electron chi connectivity index (χ3n) is 7.42. The molecule has 0 saturated carbocycles.